The monoisotopic (exact) mass is 554 g/mol. The molecule has 0 aliphatic carbocycles. The molecule has 1 unspecified atom stereocenters. The molecular formula is C24H35IN4O3. The summed E-state index contributed by atoms with van der Waals surface area (Å²) < 4.78 is 16.5. The summed E-state index contributed by atoms with van der Waals surface area (Å²) in [7, 11) is 7.21. The van der Waals surface area contributed by atoms with Crippen LogP contribution < -0.4 is 14.8 Å². The highest BCUT2D eigenvalue weighted by Gasteiger charge is 2.24. The van der Waals surface area contributed by atoms with Gasteiger partial charge in [0.1, 0.15) is 0 Å². The predicted octanol–water partition coefficient (Wildman–Crippen LogP) is 3.40. The average Bonchev–Trinajstić information content (AvgIpc) is 2.82. The van der Waals surface area contributed by atoms with Crippen LogP contribution in [0.2, 0.25) is 0 Å². The predicted molar refractivity (Wildman–Crippen MR) is 139 cm³/mol. The Morgan fingerprint density at radius 2 is 1.78 bits per heavy atom. The van der Waals surface area contributed by atoms with E-state index in [-0.39, 0.29) is 30.0 Å². The maximum Gasteiger partial charge on any atom is 0.193 e. The number of hydrogen-bond donors (Lipinski definition) is 1. The summed E-state index contributed by atoms with van der Waals surface area (Å²) >= 11 is 0. The Bertz CT molecular complexity index is 844. The lowest BCUT2D eigenvalue weighted by atomic mass is 10.0. The molecule has 0 spiro atoms. The van der Waals surface area contributed by atoms with Crippen molar-refractivity contribution in [1.82, 2.24) is 15.1 Å². The van der Waals surface area contributed by atoms with Crippen molar-refractivity contribution in [2.24, 2.45) is 4.99 Å². The fourth-order valence-electron chi connectivity index (χ4n) is 3.91. The van der Waals surface area contributed by atoms with Gasteiger partial charge in [-0.1, -0.05) is 36.4 Å². The van der Waals surface area contributed by atoms with Crippen molar-refractivity contribution in [2.75, 3.05) is 61.2 Å². The summed E-state index contributed by atoms with van der Waals surface area (Å²) in [6.45, 7) is 4.78. The molecule has 1 aliphatic heterocycles. The van der Waals surface area contributed by atoms with Crippen molar-refractivity contribution in [3.8, 4) is 11.5 Å². The molecule has 1 saturated heterocycles. The highest BCUT2D eigenvalue weighted by Crippen LogP contribution is 2.32. The molecule has 0 radical (unpaired) electrons. The molecule has 1 atom stereocenters. The van der Waals surface area contributed by atoms with Crippen molar-refractivity contribution < 1.29 is 14.2 Å². The minimum Gasteiger partial charge on any atom is -0.493 e. The Labute approximate surface area is 208 Å². The molecule has 1 heterocycles. The van der Waals surface area contributed by atoms with Crippen molar-refractivity contribution in [3.05, 3.63) is 59.7 Å². The number of nitrogens with zero attached hydrogens (tertiary/aromatic N) is 3. The zero-order valence-corrected chi connectivity index (χ0v) is 21.7. The van der Waals surface area contributed by atoms with E-state index in [0.29, 0.717) is 0 Å². The van der Waals surface area contributed by atoms with Gasteiger partial charge in [0.15, 0.2) is 17.5 Å². The molecular weight excluding hydrogens is 519 g/mol. The lowest BCUT2D eigenvalue weighted by Crippen LogP contribution is -2.46. The normalized spacial score (nSPS) is 15.4. The quantitative estimate of drug-likeness (QED) is 0.307. The van der Waals surface area contributed by atoms with Crippen LogP contribution in [0.4, 0.5) is 0 Å². The molecule has 1 N–H and O–H groups in total. The molecule has 0 saturated carbocycles. The largest absolute Gasteiger partial charge is 0.493 e. The second-order valence-electron chi connectivity index (χ2n) is 7.55. The number of halogens is 1. The molecule has 0 bridgehead atoms. The van der Waals surface area contributed by atoms with Crippen LogP contribution >= 0.6 is 24.0 Å². The number of nitrogens with one attached hydrogen (secondary N) is 1. The number of guanidine groups is 1. The van der Waals surface area contributed by atoms with Gasteiger partial charge in [0.25, 0.3) is 0 Å². The van der Waals surface area contributed by atoms with Crippen LogP contribution in [0.3, 0.4) is 0 Å². The second kappa shape index (κ2) is 13.5. The number of ether oxygens (including phenoxy) is 3. The molecule has 32 heavy (non-hydrogen) atoms. The van der Waals surface area contributed by atoms with Gasteiger partial charge in [0.05, 0.1) is 33.5 Å². The molecule has 176 valence electrons. The van der Waals surface area contributed by atoms with E-state index in [2.05, 4.69) is 63.6 Å². The number of morpholine rings is 1. The molecule has 3 rings (SSSR count). The SMILES string of the molecule is CN=C(NCC(c1ccc(OC)c(OC)c1)N1CCOCC1)N(C)Cc1ccccc1.I. The summed E-state index contributed by atoms with van der Waals surface area (Å²) in [5, 5.41) is 3.57. The Hall–Kier alpha value is -2.04. The Kier molecular flexibility index (Phi) is 11.1. The number of methoxy groups -OCH3 is 2. The van der Waals surface area contributed by atoms with Gasteiger partial charge in [-0.15, -0.1) is 24.0 Å². The standard InChI is InChI=1S/C24H34N4O3.HI/c1-25-24(27(2)18-19-8-6-5-7-9-19)26-17-21(28-12-14-31-15-13-28)20-10-11-22(29-3)23(16-20)30-4;/h5-11,16,21H,12-15,17-18H2,1-4H3,(H,25,26);1H. The molecule has 1 aliphatic rings. The maximum atomic E-state index is 5.58. The number of benzene rings is 2. The fraction of sp³-hybridized carbons (Fsp3) is 0.458. The number of hydrogen-bond acceptors (Lipinski definition) is 5. The van der Waals surface area contributed by atoms with E-state index in [1.54, 1.807) is 14.2 Å². The molecule has 8 heteroatoms. The first-order valence-electron chi connectivity index (χ1n) is 10.7. The van der Waals surface area contributed by atoms with E-state index in [1.807, 2.05) is 19.2 Å². The van der Waals surface area contributed by atoms with E-state index in [9.17, 15) is 0 Å². The third-order valence-corrected chi connectivity index (χ3v) is 5.57. The van der Waals surface area contributed by atoms with Crippen LogP contribution in [0.25, 0.3) is 0 Å². The molecule has 1 fully saturated rings. The van der Waals surface area contributed by atoms with Crippen molar-refractivity contribution >= 4 is 29.9 Å². The third-order valence-electron chi connectivity index (χ3n) is 5.57. The van der Waals surface area contributed by atoms with Crippen LogP contribution in [0.1, 0.15) is 17.2 Å². The first kappa shape index (κ1) is 26.2. The topological polar surface area (TPSA) is 58.6 Å². The van der Waals surface area contributed by atoms with E-state index in [1.165, 1.54) is 11.1 Å². The second-order valence-corrected chi connectivity index (χ2v) is 7.55. The summed E-state index contributed by atoms with van der Waals surface area (Å²) in [4.78, 5) is 9.09. The highest BCUT2D eigenvalue weighted by atomic mass is 127. The highest BCUT2D eigenvalue weighted by molar-refractivity contribution is 14.0. The minimum absolute atomic E-state index is 0. The lowest BCUT2D eigenvalue weighted by Gasteiger charge is -2.36. The van der Waals surface area contributed by atoms with E-state index >= 15 is 0 Å². The number of rotatable bonds is 8. The van der Waals surface area contributed by atoms with Gasteiger partial charge in [0.2, 0.25) is 0 Å². The summed E-state index contributed by atoms with van der Waals surface area (Å²) in [5.41, 5.74) is 2.42. The Balaban J connectivity index is 0.00000363. The van der Waals surface area contributed by atoms with E-state index in [0.717, 1.165) is 56.9 Å². The average molecular weight is 554 g/mol. The first-order valence-corrected chi connectivity index (χ1v) is 10.7. The smallest absolute Gasteiger partial charge is 0.193 e. The zero-order valence-electron chi connectivity index (χ0n) is 19.4. The first-order chi connectivity index (χ1) is 15.2. The maximum absolute atomic E-state index is 5.58. The van der Waals surface area contributed by atoms with Crippen LogP contribution in [0.5, 0.6) is 11.5 Å². The molecule has 0 amide bonds. The van der Waals surface area contributed by atoms with Crippen LogP contribution in [-0.4, -0.2) is 76.9 Å². The summed E-state index contributed by atoms with van der Waals surface area (Å²) in [5.74, 6) is 2.34. The van der Waals surface area contributed by atoms with Gasteiger partial charge >= 0.3 is 0 Å². The third kappa shape index (κ3) is 6.98. The summed E-state index contributed by atoms with van der Waals surface area (Å²) in [6.07, 6.45) is 0. The van der Waals surface area contributed by atoms with Gasteiger partial charge in [-0.25, -0.2) is 0 Å². The summed E-state index contributed by atoms with van der Waals surface area (Å²) in [6, 6.07) is 16.7. The minimum atomic E-state index is 0. The Morgan fingerprint density at radius 3 is 2.41 bits per heavy atom. The van der Waals surface area contributed by atoms with Crippen LogP contribution in [0.15, 0.2) is 53.5 Å². The zero-order chi connectivity index (χ0) is 22.1. The molecule has 0 aromatic heterocycles. The van der Waals surface area contributed by atoms with Gasteiger partial charge in [0, 0.05) is 40.3 Å². The fourth-order valence-corrected chi connectivity index (χ4v) is 3.91. The molecule has 7 nitrogen and oxygen atoms in total. The van der Waals surface area contributed by atoms with Gasteiger partial charge in [-0.2, -0.15) is 0 Å². The van der Waals surface area contributed by atoms with Gasteiger partial charge in [-0.05, 0) is 23.3 Å². The van der Waals surface area contributed by atoms with Crippen LogP contribution in [-0.2, 0) is 11.3 Å². The lowest BCUT2D eigenvalue weighted by molar-refractivity contribution is 0.0168. The Morgan fingerprint density at radius 1 is 1.09 bits per heavy atom. The van der Waals surface area contributed by atoms with Crippen molar-refractivity contribution in [2.45, 2.75) is 12.6 Å². The molecule has 2 aromatic rings. The van der Waals surface area contributed by atoms with Gasteiger partial charge in [-0.3, -0.25) is 9.89 Å². The number of aliphatic imine (C=N–C) groups is 1. The van der Waals surface area contributed by atoms with Crippen LogP contribution in [0, 0.1) is 0 Å². The van der Waals surface area contributed by atoms with Crippen molar-refractivity contribution in [3.63, 3.8) is 0 Å². The molecule has 2 aromatic carbocycles. The van der Waals surface area contributed by atoms with E-state index < -0.39 is 0 Å². The van der Waals surface area contributed by atoms with E-state index in [4.69, 9.17) is 14.2 Å². The van der Waals surface area contributed by atoms with Crippen molar-refractivity contribution in [1.29, 1.82) is 0 Å². The van der Waals surface area contributed by atoms with Gasteiger partial charge < -0.3 is 24.4 Å².